The SMILES string of the molecule is CCCn1c(=O)n(C)c(=O)c2c(SCC(=O)c3ccc4c(c3)CCCC(=O)N4)nc(C(C)C)nc21. The van der Waals surface area contributed by atoms with E-state index in [0.717, 1.165) is 28.7 Å². The van der Waals surface area contributed by atoms with Gasteiger partial charge in [-0.2, -0.15) is 0 Å². The van der Waals surface area contributed by atoms with Gasteiger partial charge >= 0.3 is 5.69 Å². The Morgan fingerprint density at radius 1 is 1.17 bits per heavy atom. The fourth-order valence-corrected chi connectivity index (χ4v) is 5.02. The lowest BCUT2D eigenvalue weighted by molar-refractivity contribution is -0.116. The summed E-state index contributed by atoms with van der Waals surface area (Å²) in [6.07, 6.45) is 2.62. The Labute approximate surface area is 207 Å². The number of amides is 1. The van der Waals surface area contributed by atoms with Gasteiger partial charge in [0, 0.05) is 37.2 Å². The van der Waals surface area contributed by atoms with Gasteiger partial charge in [-0.05, 0) is 43.0 Å². The van der Waals surface area contributed by atoms with Crippen LogP contribution < -0.4 is 16.6 Å². The topological polar surface area (TPSA) is 116 Å². The summed E-state index contributed by atoms with van der Waals surface area (Å²) < 4.78 is 2.58. The molecule has 1 N–H and O–H groups in total. The van der Waals surface area contributed by atoms with Crippen LogP contribution in [0.25, 0.3) is 11.0 Å². The number of carbonyl (C=O) groups is 2. The third kappa shape index (κ3) is 4.93. The number of carbonyl (C=O) groups excluding carboxylic acids is 2. The van der Waals surface area contributed by atoms with E-state index in [0.29, 0.717) is 41.4 Å². The second kappa shape index (κ2) is 10.2. The van der Waals surface area contributed by atoms with Crippen molar-refractivity contribution in [3.05, 3.63) is 56.0 Å². The zero-order chi connectivity index (χ0) is 25.3. The van der Waals surface area contributed by atoms with Crippen LogP contribution >= 0.6 is 11.8 Å². The maximum atomic E-state index is 13.1. The van der Waals surface area contributed by atoms with Crippen LogP contribution in [0.1, 0.15) is 67.7 Å². The van der Waals surface area contributed by atoms with Gasteiger partial charge in [0.25, 0.3) is 5.56 Å². The van der Waals surface area contributed by atoms with E-state index >= 15 is 0 Å². The second-order valence-corrected chi connectivity index (χ2v) is 9.99. The lowest BCUT2D eigenvalue weighted by Gasteiger charge is -2.15. The molecule has 0 saturated heterocycles. The molecule has 0 saturated carbocycles. The highest BCUT2D eigenvalue weighted by molar-refractivity contribution is 8.00. The lowest BCUT2D eigenvalue weighted by Crippen LogP contribution is -2.39. The molecule has 0 radical (unpaired) electrons. The average molecular weight is 496 g/mol. The summed E-state index contributed by atoms with van der Waals surface area (Å²) in [7, 11) is 1.45. The van der Waals surface area contributed by atoms with Gasteiger partial charge < -0.3 is 5.32 Å². The molecule has 2 aromatic heterocycles. The average Bonchev–Trinajstić information content (AvgIpc) is 3.02. The molecular weight excluding hydrogens is 466 g/mol. The minimum absolute atomic E-state index is 0.0156. The minimum atomic E-state index is -0.469. The standard InChI is InChI=1S/C25H29N5O4S/c1-5-11-30-22-20(24(33)29(4)25(30)34)23(28-21(27-22)14(2)3)35-13-18(31)16-9-10-17-15(12-16)7-6-8-19(32)26-17/h9-10,12,14H,5-8,11,13H2,1-4H3,(H,26,32). The van der Waals surface area contributed by atoms with E-state index in [4.69, 9.17) is 0 Å². The van der Waals surface area contributed by atoms with Gasteiger partial charge in [-0.25, -0.2) is 14.8 Å². The number of ketones is 1. The number of aromatic nitrogens is 4. The van der Waals surface area contributed by atoms with Crippen LogP contribution in [0.15, 0.2) is 32.8 Å². The van der Waals surface area contributed by atoms with E-state index in [1.54, 1.807) is 12.1 Å². The molecule has 1 aliphatic rings. The number of Topliss-reactive ketones (excluding diaryl/α,β-unsaturated/α-hetero) is 1. The summed E-state index contributed by atoms with van der Waals surface area (Å²) in [6, 6.07) is 5.31. The molecule has 10 heteroatoms. The smallest absolute Gasteiger partial charge is 0.326 e. The third-order valence-corrected chi connectivity index (χ3v) is 7.00. The molecule has 4 rings (SSSR count). The van der Waals surface area contributed by atoms with Crippen molar-refractivity contribution in [3.63, 3.8) is 0 Å². The first-order valence-corrected chi connectivity index (χ1v) is 12.8. The summed E-state index contributed by atoms with van der Waals surface area (Å²) in [5, 5.41) is 3.54. The van der Waals surface area contributed by atoms with Gasteiger partial charge in [0.05, 0.1) is 5.75 Å². The lowest BCUT2D eigenvalue weighted by atomic mass is 10.0. The van der Waals surface area contributed by atoms with Crippen LogP contribution in [0, 0.1) is 0 Å². The monoisotopic (exact) mass is 495 g/mol. The number of nitrogens with one attached hydrogen (secondary N) is 1. The number of rotatable bonds is 7. The number of anilines is 1. The summed E-state index contributed by atoms with van der Waals surface area (Å²) >= 11 is 1.18. The molecular formula is C25H29N5O4S. The molecule has 184 valence electrons. The maximum absolute atomic E-state index is 13.1. The number of benzene rings is 1. The molecule has 0 spiro atoms. The van der Waals surface area contributed by atoms with Crippen molar-refractivity contribution in [2.24, 2.45) is 7.05 Å². The van der Waals surface area contributed by atoms with Crippen molar-refractivity contribution < 1.29 is 9.59 Å². The Bertz CT molecular complexity index is 1440. The van der Waals surface area contributed by atoms with Gasteiger partial charge in [0.15, 0.2) is 11.4 Å². The normalized spacial score (nSPS) is 13.6. The fourth-order valence-electron chi connectivity index (χ4n) is 4.11. The number of fused-ring (bicyclic) bond motifs is 2. The van der Waals surface area contributed by atoms with Crippen molar-refractivity contribution in [1.29, 1.82) is 0 Å². The van der Waals surface area contributed by atoms with E-state index in [9.17, 15) is 19.2 Å². The van der Waals surface area contributed by atoms with Crippen molar-refractivity contribution in [1.82, 2.24) is 19.1 Å². The fraction of sp³-hybridized carbons (Fsp3) is 0.440. The Kier molecular flexibility index (Phi) is 7.20. The van der Waals surface area contributed by atoms with Gasteiger partial charge in [-0.1, -0.05) is 32.5 Å². The second-order valence-electron chi connectivity index (χ2n) is 9.02. The predicted molar refractivity (Wildman–Crippen MR) is 136 cm³/mol. The third-order valence-electron chi connectivity index (χ3n) is 6.02. The Morgan fingerprint density at radius 2 is 1.94 bits per heavy atom. The molecule has 0 unspecified atom stereocenters. The van der Waals surface area contributed by atoms with Crippen LogP contribution in [-0.4, -0.2) is 36.5 Å². The van der Waals surface area contributed by atoms with Crippen LogP contribution in [0.3, 0.4) is 0 Å². The molecule has 0 aliphatic carbocycles. The zero-order valence-corrected chi connectivity index (χ0v) is 21.2. The molecule has 0 atom stereocenters. The molecule has 1 aliphatic heterocycles. The van der Waals surface area contributed by atoms with Crippen LogP contribution in [0.5, 0.6) is 0 Å². The minimum Gasteiger partial charge on any atom is -0.326 e. The van der Waals surface area contributed by atoms with Crippen molar-refractivity contribution in [3.8, 4) is 0 Å². The van der Waals surface area contributed by atoms with Crippen molar-refractivity contribution >= 4 is 40.2 Å². The number of hydrogen-bond acceptors (Lipinski definition) is 7. The molecule has 3 heterocycles. The highest BCUT2D eigenvalue weighted by Crippen LogP contribution is 2.27. The van der Waals surface area contributed by atoms with E-state index in [1.165, 1.54) is 23.4 Å². The molecule has 3 aromatic rings. The van der Waals surface area contributed by atoms with Gasteiger partial charge in [0.1, 0.15) is 16.2 Å². The molecule has 9 nitrogen and oxygen atoms in total. The molecule has 1 amide bonds. The largest absolute Gasteiger partial charge is 0.332 e. The maximum Gasteiger partial charge on any atom is 0.332 e. The molecule has 35 heavy (non-hydrogen) atoms. The predicted octanol–water partition coefficient (Wildman–Crippen LogP) is 3.27. The molecule has 0 bridgehead atoms. The first kappa shape index (κ1) is 24.8. The van der Waals surface area contributed by atoms with Crippen LogP contribution in [0.4, 0.5) is 5.69 Å². The summed E-state index contributed by atoms with van der Waals surface area (Å²) in [6.45, 7) is 6.26. The summed E-state index contributed by atoms with van der Waals surface area (Å²) in [5.41, 5.74) is 1.67. The molecule has 0 fully saturated rings. The number of hydrogen-bond donors (Lipinski definition) is 1. The van der Waals surface area contributed by atoms with Crippen molar-refractivity contribution in [2.45, 2.75) is 63.9 Å². The highest BCUT2D eigenvalue weighted by Gasteiger charge is 2.21. The molecule has 1 aromatic carbocycles. The number of aryl methyl sites for hydroxylation is 2. The Balaban J connectivity index is 1.72. The first-order chi connectivity index (χ1) is 16.7. The van der Waals surface area contributed by atoms with Gasteiger partial charge in [0.2, 0.25) is 5.91 Å². The summed E-state index contributed by atoms with van der Waals surface area (Å²) in [4.78, 5) is 59.9. The quantitative estimate of drug-likeness (QED) is 0.304. The number of nitrogens with zero attached hydrogens (tertiary/aromatic N) is 4. The Morgan fingerprint density at radius 3 is 2.66 bits per heavy atom. The van der Waals surface area contributed by atoms with E-state index in [-0.39, 0.29) is 28.7 Å². The van der Waals surface area contributed by atoms with Gasteiger partial charge in [-0.15, -0.1) is 0 Å². The van der Waals surface area contributed by atoms with E-state index in [1.807, 2.05) is 26.8 Å². The Hall–Kier alpha value is -3.27. The van der Waals surface area contributed by atoms with Crippen molar-refractivity contribution in [2.75, 3.05) is 11.1 Å². The number of thioether (sulfide) groups is 1. The zero-order valence-electron chi connectivity index (χ0n) is 20.4. The van der Waals surface area contributed by atoms with E-state index in [2.05, 4.69) is 15.3 Å². The van der Waals surface area contributed by atoms with E-state index < -0.39 is 11.2 Å². The summed E-state index contributed by atoms with van der Waals surface area (Å²) in [5.74, 6) is 0.447. The first-order valence-electron chi connectivity index (χ1n) is 11.8. The van der Waals surface area contributed by atoms with Gasteiger partial charge in [-0.3, -0.25) is 23.5 Å². The van der Waals surface area contributed by atoms with Crippen LogP contribution in [-0.2, 0) is 24.8 Å². The van der Waals surface area contributed by atoms with Crippen LogP contribution in [0.2, 0.25) is 0 Å². The highest BCUT2D eigenvalue weighted by atomic mass is 32.2.